The number of carbonyl (C=O) groups excluding carboxylic acids is 2. The van der Waals surface area contributed by atoms with Crippen molar-refractivity contribution >= 4 is 11.7 Å². The topological polar surface area (TPSA) is 46.2 Å². The molecule has 3 aliphatic rings. The zero-order chi connectivity index (χ0) is 20.7. The van der Waals surface area contributed by atoms with Crippen molar-refractivity contribution in [1.82, 2.24) is 5.32 Å². The summed E-state index contributed by atoms with van der Waals surface area (Å²) in [7, 11) is 0. The van der Waals surface area contributed by atoms with E-state index in [4.69, 9.17) is 0 Å². The summed E-state index contributed by atoms with van der Waals surface area (Å²) in [6, 6.07) is 16.1. The Morgan fingerprint density at radius 1 is 0.800 bits per heavy atom. The molecule has 0 aliphatic heterocycles. The Labute approximate surface area is 179 Å². The monoisotopic (exact) mass is 401 g/mol. The third kappa shape index (κ3) is 3.38. The number of ketones is 1. The van der Waals surface area contributed by atoms with Crippen molar-refractivity contribution < 1.29 is 9.59 Å². The fraction of sp³-hybridized carbons (Fsp3) is 0.481. The van der Waals surface area contributed by atoms with Gasteiger partial charge in [-0.2, -0.15) is 0 Å². The van der Waals surface area contributed by atoms with Crippen molar-refractivity contribution in [3.8, 4) is 0 Å². The number of amides is 1. The Morgan fingerprint density at radius 3 is 1.97 bits per heavy atom. The van der Waals surface area contributed by atoms with Crippen LogP contribution in [0.25, 0.3) is 0 Å². The summed E-state index contributed by atoms with van der Waals surface area (Å²) in [5.74, 6) is 1.58. The molecule has 2 fully saturated rings. The molecule has 2 bridgehead atoms. The molecule has 0 radical (unpaired) electrons. The normalized spacial score (nSPS) is 26.2. The van der Waals surface area contributed by atoms with Crippen LogP contribution < -0.4 is 5.32 Å². The highest BCUT2D eigenvalue weighted by Crippen LogP contribution is 2.57. The van der Waals surface area contributed by atoms with Crippen LogP contribution >= 0.6 is 0 Å². The minimum atomic E-state index is -0.0274. The highest BCUT2D eigenvalue weighted by atomic mass is 16.1. The molecule has 1 unspecified atom stereocenters. The number of nitrogens with one attached hydrogen (secondary N) is 1. The van der Waals surface area contributed by atoms with E-state index in [0.29, 0.717) is 23.3 Å². The van der Waals surface area contributed by atoms with Gasteiger partial charge in [0.1, 0.15) is 0 Å². The first kappa shape index (κ1) is 19.5. The van der Waals surface area contributed by atoms with Gasteiger partial charge in [0.05, 0.1) is 0 Å². The Bertz CT molecular complexity index is 911. The van der Waals surface area contributed by atoms with Crippen LogP contribution in [0, 0.1) is 11.8 Å². The molecule has 0 heterocycles. The highest BCUT2D eigenvalue weighted by Gasteiger charge is 2.49. The zero-order valence-corrected chi connectivity index (χ0v) is 17.8. The van der Waals surface area contributed by atoms with E-state index in [-0.39, 0.29) is 23.7 Å². The third-order valence-electron chi connectivity index (χ3n) is 7.90. The first-order chi connectivity index (χ1) is 14.6. The van der Waals surface area contributed by atoms with Gasteiger partial charge in [-0.3, -0.25) is 9.59 Å². The molecule has 2 aromatic rings. The molecule has 2 aromatic carbocycles. The van der Waals surface area contributed by atoms with Crippen molar-refractivity contribution in [2.75, 3.05) is 0 Å². The van der Waals surface area contributed by atoms with Gasteiger partial charge >= 0.3 is 0 Å². The van der Waals surface area contributed by atoms with Gasteiger partial charge in [-0.25, -0.2) is 0 Å². The lowest BCUT2D eigenvalue weighted by molar-refractivity contribution is 0.0901. The average molecular weight is 402 g/mol. The van der Waals surface area contributed by atoms with E-state index in [2.05, 4.69) is 36.5 Å². The van der Waals surface area contributed by atoms with Gasteiger partial charge in [0.25, 0.3) is 5.91 Å². The van der Waals surface area contributed by atoms with Crippen LogP contribution in [-0.4, -0.2) is 17.7 Å². The van der Waals surface area contributed by atoms with Crippen molar-refractivity contribution in [2.24, 2.45) is 11.8 Å². The van der Waals surface area contributed by atoms with Crippen molar-refractivity contribution in [3.63, 3.8) is 0 Å². The van der Waals surface area contributed by atoms with Gasteiger partial charge in [0.2, 0.25) is 0 Å². The summed E-state index contributed by atoms with van der Waals surface area (Å²) >= 11 is 0. The molecule has 1 N–H and O–H groups in total. The second-order valence-electron chi connectivity index (χ2n) is 9.55. The summed E-state index contributed by atoms with van der Waals surface area (Å²) < 4.78 is 0. The van der Waals surface area contributed by atoms with Crippen LogP contribution in [0.15, 0.2) is 48.5 Å². The predicted octanol–water partition coefficient (Wildman–Crippen LogP) is 5.86. The zero-order valence-electron chi connectivity index (χ0n) is 17.8. The number of carbonyl (C=O) groups is 2. The molecular weight excluding hydrogens is 370 g/mol. The molecule has 5 rings (SSSR count). The number of benzene rings is 2. The second kappa shape index (κ2) is 8.02. The minimum absolute atomic E-state index is 0.0274. The molecule has 2 saturated carbocycles. The van der Waals surface area contributed by atoms with Crippen LogP contribution in [0.1, 0.15) is 95.5 Å². The largest absolute Gasteiger partial charge is 0.349 e. The lowest BCUT2D eigenvalue weighted by atomic mass is 9.84. The Morgan fingerprint density at radius 2 is 1.37 bits per heavy atom. The standard InChI is InChI=1S/C27H31NO2/c1-17(18-7-3-2-4-8-18)28-27(30)20-13-11-19(12-14-20)26(29)25-23-15-16-24(25)22-10-6-5-9-21(22)23/h5-6,9-14,17-18,23-25H,2-4,7-8,15-16H2,1H3,(H,28,30)/t17-,23-,24+,25?/m1/s1. The number of fused-ring (bicyclic) bond motifs is 5. The molecule has 156 valence electrons. The molecular formula is C27H31NO2. The molecule has 3 aliphatic carbocycles. The highest BCUT2D eigenvalue weighted by molar-refractivity contribution is 6.01. The number of hydrogen-bond donors (Lipinski definition) is 1. The lowest BCUT2D eigenvalue weighted by Crippen LogP contribution is -2.38. The molecule has 4 atom stereocenters. The van der Waals surface area contributed by atoms with E-state index in [1.54, 1.807) is 0 Å². The average Bonchev–Trinajstić information content (AvgIpc) is 3.37. The quantitative estimate of drug-likeness (QED) is 0.638. The van der Waals surface area contributed by atoms with Gasteiger partial charge in [0, 0.05) is 23.1 Å². The maximum absolute atomic E-state index is 13.3. The number of Topliss-reactive ketones (excluding diaryl/α,β-unsaturated/α-hetero) is 1. The molecule has 0 aromatic heterocycles. The van der Waals surface area contributed by atoms with Crippen molar-refractivity contribution in [3.05, 3.63) is 70.8 Å². The third-order valence-corrected chi connectivity index (χ3v) is 7.90. The lowest BCUT2D eigenvalue weighted by Gasteiger charge is -2.28. The predicted molar refractivity (Wildman–Crippen MR) is 119 cm³/mol. The first-order valence-electron chi connectivity index (χ1n) is 11.7. The van der Waals surface area contributed by atoms with Crippen molar-refractivity contribution in [2.45, 2.75) is 69.7 Å². The maximum Gasteiger partial charge on any atom is 0.251 e. The van der Waals surface area contributed by atoms with E-state index >= 15 is 0 Å². The summed E-state index contributed by atoms with van der Waals surface area (Å²) in [5.41, 5.74) is 4.13. The van der Waals surface area contributed by atoms with Crippen LogP contribution in [0.3, 0.4) is 0 Å². The molecule has 3 heteroatoms. The summed E-state index contributed by atoms with van der Waals surface area (Å²) in [6.07, 6.45) is 8.50. The van der Waals surface area contributed by atoms with Crippen LogP contribution in [-0.2, 0) is 0 Å². The van der Waals surface area contributed by atoms with Crippen molar-refractivity contribution in [1.29, 1.82) is 0 Å². The fourth-order valence-corrected chi connectivity index (χ4v) is 6.27. The smallest absolute Gasteiger partial charge is 0.251 e. The molecule has 1 amide bonds. The van der Waals surface area contributed by atoms with Gasteiger partial charge in [-0.05, 0) is 73.6 Å². The fourth-order valence-electron chi connectivity index (χ4n) is 6.27. The summed E-state index contributed by atoms with van der Waals surface area (Å²) in [4.78, 5) is 26.0. The van der Waals surface area contributed by atoms with Crippen LogP contribution in [0.4, 0.5) is 0 Å². The SMILES string of the molecule is C[C@@H](NC(=O)c1ccc(C(=O)C2[C@@H]3CC[C@H]2c2ccccc23)cc1)C1CCCCC1. The van der Waals surface area contributed by atoms with Gasteiger partial charge in [0.15, 0.2) is 5.78 Å². The molecule has 3 nitrogen and oxygen atoms in total. The molecule has 30 heavy (non-hydrogen) atoms. The second-order valence-corrected chi connectivity index (χ2v) is 9.55. The van der Waals surface area contributed by atoms with Gasteiger partial charge in [-0.15, -0.1) is 0 Å². The molecule has 0 saturated heterocycles. The number of hydrogen-bond acceptors (Lipinski definition) is 2. The molecule has 0 spiro atoms. The Balaban J connectivity index is 1.26. The van der Waals surface area contributed by atoms with E-state index in [0.717, 1.165) is 18.4 Å². The number of rotatable bonds is 5. The van der Waals surface area contributed by atoms with E-state index in [9.17, 15) is 9.59 Å². The van der Waals surface area contributed by atoms with Gasteiger partial charge in [-0.1, -0.05) is 55.7 Å². The minimum Gasteiger partial charge on any atom is -0.349 e. The van der Waals surface area contributed by atoms with Gasteiger partial charge < -0.3 is 5.32 Å². The van der Waals surface area contributed by atoms with Crippen LogP contribution in [0.2, 0.25) is 0 Å². The Kier molecular flexibility index (Phi) is 5.22. The van der Waals surface area contributed by atoms with E-state index in [1.165, 1.54) is 43.2 Å². The van der Waals surface area contributed by atoms with Crippen LogP contribution in [0.5, 0.6) is 0 Å². The van der Waals surface area contributed by atoms with E-state index < -0.39 is 0 Å². The first-order valence-corrected chi connectivity index (χ1v) is 11.7. The maximum atomic E-state index is 13.3. The summed E-state index contributed by atoms with van der Waals surface area (Å²) in [6.45, 7) is 2.12. The summed E-state index contributed by atoms with van der Waals surface area (Å²) in [5, 5.41) is 3.18. The Hall–Kier alpha value is -2.42. The van der Waals surface area contributed by atoms with E-state index in [1.807, 2.05) is 24.3 Å².